The third-order valence-corrected chi connectivity index (χ3v) is 2.61. The van der Waals surface area contributed by atoms with Gasteiger partial charge in [-0.25, -0.2) is 4.99 Å². The molecule has 3 N–H and O–H groups in total. The van der Waals surface area contributed by atoms with Crippen LogP contribution in [0.2, 0.25) is 0 Å². The first kappa shape index (κ1) is 7.30. The van der Waals surface area contributed by atoms with Crippen molar-refractivity contribution in [3.63, 3.8) is 0 Å². The molecule has 0 saturated carbocycles. The number of primary amides is 1. The van der Waals surface area contributed by atoms with E-state index in [1.54, 1.807) is 12.3 Å². The molecule has 1 aromatic heterocycles. The molecule has 1 amide bonds. The van der Waals surface area contributed by atoms with Crippen molar-refractivity contribution < 1.29 is 4.79 Å². The van der Waals surface area contributed by atoms with E-state index in [-0.39, 0.29) is 0 Å². The molecule has 0 saturated heterocycles. The molecular formula is C7H7N3OS. The molecule has 4 nitrogen and oxygen atoms in total. The van der Waals surface area contributed by atoms with Crippen LogP contribution < -0.4 is 11.1 Å². The third kappa shape index (κ3) is 1.08. The summed E-state index contributed by atoms with van der Waals surface area (Å²) in [4.78, 5) is 15.4. The minimum absolute atomic E-state index is 0.397. The second-order valence-electron chi connectivity index (χ2n) is 2.39. The number of rotatable bonds is 1. The molecule has 2 heterocycles. The lowest BCUT2D eigenvalue weighted by Crippen LogP contribution is -2.08. The van der Waals surface area contributed by atoms with E-state index >= 15 is 0 Å². The van der Waals surface area contributed by atoms with Crippen LogP contribution in [0.1, 0.15) is 9.67 Å². The summed E-state index contributed by atoms with van der Waals surface area (Å²) < 4.78 is 0. The van der Waals surface area contributed by atoms with Crippen LogP contribution in [0.5, 0.6) is 0 Å². The van der Waals surface area contributed by atoms with Gasteiger partial charge in [0.15, 0.2) is 0 Å². The van der Waals surface area contributed by atoms with Crippen LogP contribution in [-0.4, -0.2) is 18.7 Å². The van der Waals surface area contributed by atoms with Crippen LogP contribution in [0.15, 0.2) is 11.1 Å². The molecule has 0 fully saturated rings. The van der Waals surface area contributed by atoms with Crippen LogP contribution in [-0.2, 0) is 0 Å². The molecule has 0 atom stereocenters. The molecule has 0 aliphatic carbocycles. The van der Waals surface area contributed by atoms with Gasteiger partial charge < -0.3 is 11.1 Å². The van der Waals surface area contributed by atoms with Crippen molar-refractivity contribution in [3.8, 4) is 0 Å². The zero-order valence-corrected chi connectivity index (χ0v) is 7.02. The number of aliphatic imine (C=N–C) groups is 1. The number of hydrogen-bond acceptors (Lipinski definition) is 4. The lowest BCUT2D eigenvalue weighted by Gasteiger charge is -2.04. The Morgan fingerprint density at radius 1 is 1.75 bits per heavy atom. The van der Waals surface area contributed by atoms with Gasteiger partial charge in [-0.3, -0.25) is 4.79 Å². The Balaban J connectivity index is 2.46. The molecule has 1 aliphatic rings. The largest absolute Gasteiger partial charge is 0.378 e. The predicted molar refractivity (Wildman–Crippen MR) is 49.5 cm³/mol. The van der Waals surface area contributed by atoms with Gasteiger partial charge in [0.25, 0.3) is 5.91 Å². The summed E-state index contributed by atoms with van der Waals surface area (Å²) >= 11 is 1.31. The summed E-state index contributed by atoms with van der Waals surface area (Å²) in [7, 11) is 0. The van der Waals surface area contributed by atoms with Crippen molar-refractivity contribution in [2.45, 2.75) is 0 Å². The van der Waals surface area contributed by atoms with Crippen molar-refractivity contribution in [3.05, 3.63) is 10.9 Å². The fourth-order valence-electron chi connectivity index (χ4n) is 1.01. The van der Waals surface area contributed by atoms with E-state index in [0.717, 1.165) is 10.7 Å². The second kappa shape index (κ2) is 2.60. The Morgan fingerprint density at radius 3 is 3.25 bits per heavy atom. The molecule has 12 heavy (non-hydrogen) atoms. The molecule has 1 aliphatic heterocycles. The van der Waals surface area contributed by atoms with Crippen molar-refractivity contribution in [1.29, 1.82) is 0 Å². The van der Waals surface area contributed by atoms with Gasteiger partial charge in [-0.2, -0.15) is 0 Å². The summed E-state index contributed by atoms with van der Waals surface area (Å²) in [5, 5.41) is 3.92. The quantitative estimate of drug-likeness (QED) is 0.678. The van der Waals surface area contributed by atoms with Crippen molar-refractivity contribution in [2.75, 3.05) is 11.9 Å². The monoisotopic (exact) mass is 181 g/mol. The summed E-state index contributed by atoms with van der Waals surface area (Å²) in [6.45, 7) is 0.710. The highest BCUT2D eigenvalue weighted by atomic mass is 32.1. The zero-order chi connectivity index (χ0) is 8.55. The fraction of sp³-hybridized carbons (Fsp3) is 0.143. The number of anilines is 1. The molecule has 5 heteroatoms. The summed E-state index contributed by atoms with van der Waals surface area (Å²) in [5.74, 6) is -0.397. The third-order valence-electron chi connectivity index (χ3n) is 1.55. The van der Waals surface area contributed by atoms with Gasteiger partial charge in [0.05, 0.1) is 17.1 Å². The molecule has 2 rings (SSSR count). The van der Waals surface area contributed by atoms with E-state index < -0.39 is 5.91 Å². The van der Waals surface area contributed by atoms with Crippen molar-refractivity contribution in [1.82, 2.24) is 0 Å². The molecule has 0 spiro atoms. The first-order valence-corrected chi connectivity index (χ1v) is 4.29. The van der Waals surface area contributed by atoms with Gasteiger partial charge >= 0.3 is 0 Å². The molecule has 0 unspecified atom stereocenters. The Bertz CT molecular complexity index is 356. The van der Waals surface area contributed by atoms with Gasteiger partial charge in [-0.05, 0) is 6.07 Å². The number of fused-ring (bicyclic) bond motifs is 1. The molecular weight excluding hydrogens is 174 g/mol. The SMILES string of the molecule is NC(=O)c1cc2c(s1)N=CCN2. The van der Waals surface area contributed by atoms with Crippen LogP contribution >= 0.6 is 11.3 Å². The van der Waals surface area contributed by atoms with Crippen molar-refractivity contribution in [2.24, 2.45) is 10.7 Å². The van der Waals surface area contributed by atoms with Crippen LogP contribution in [0.4, 0.5) is 10.7 Å². The van der Waals surface area contributed by atoms with E-state index in [0.29, 0.717) is 11.4 Å². The lowest BCUT2D eigenvalue weighted by molar-refractivity contribution is 0.100. The number of thiophene rings is 1. The topological polar surface area (TPSA) is 67.5 Å². The number of hydrogen-bond donors (Lipinski definition) is 2. The normalized spacial score (nSPS) is 13.7. The van der Waals surface area contributed by atoms with Gasteiger partial charge in [0.2, 0.25) is 0 Å². The zero-order valence-electron chi connectivity index (χ0n) is 6.20. The van der Waals surface area contributed by atoms with Crippen LogP contribution in [0.3, 0.4) is 0 Å². The Kier molecular flexibility index (Phi) is 1.58. The maximum absolute atomic E-state index is 10.8. The van der Waals surface area contributed by atoms with Gasteiger partial charge in [0.1, 0.15) is 5.00 Å². The lowest BCUT2D eigenvalue weighted by atomic mass is 10.4. The van der Waals surface area contributed by atoms with Crippen molar-refractivity contribution >= 4 is 34.1 Å². The predicted octanol–water partition coefficient (Wildman–Crippen LogP) is 0.975. The summed E-state index contributed by atoms with van der Waals surface area (Å²) in [5.41, 5.74) is 6.02. The number of nitrogens with zero attached hydrogens (tertiary/aromatic N) is 1. The minimum Gasteiger partial charge on any atom is -0.378 e. The standard InChI is InChI=1S/C7H7N3OS/c8-6(11)5-3-4-7(12-5)10-2-1-9-4/h2-3,9H,1H2,(H2,8,11). The van der Waals surface area contributed by atoms with E-state index in [1.807, 2.05) is 0 Å². The molecule has 1 aromatic rings. The number of carbonyl (C=O) groups is 1. The molecule has 0 radical (unpaired) electrons. The average molecular weight is 181 g/mol. The molecule has 62 valence electrons. The summed E-state index contributed by atoms with van der Waals surface area (Å²) in [6.07, 6.45) is 1.77. The number of nitrogens with one attached hydrogen (secondary N) is 1. The van der Waals surface area contributed by atoms with Gasteiger partial charge in [0, 0.05) is 6.21 Å². The molecule has 0 bridgehead atoms. The maximum Gasteiger partial charge on any atom is 0.258 e. The summed E-state index contributed by atoms with van der Waals surface area (Å²) in [6, 6.07) is 1.73. The fourth-order valence-corrected chi connectivity index (χ4v) is 1.86. The smallest absolute Gasteiger partial charge is 0.258 e. The second-order valence-corrected chi connectivity index (χ2v) is 3.42. The van der Waals surface area contributed by atoms with E-state index in [9.17, 15) is 4.79 Å². The number of amides is 1. The maximum atomic E-state index is 10.8. The minimum atomic E-state index is -0.397. The highest BCUT2D eigenvalue weighted by molar-refractivity contribution is 7.18. The first-order chi connectivity index (χ1) is 5.77. The molecule has 0 aromatic carbocycles. The van der Waals surface area contributed by atoms with Gasteiger partial charge in [-0.15, -0.1) is 11.3 Å². The van der Waals surface area contributed by atoms with Crippen LogP contribution in [0.25, 0.3) is 0 Å². The number of nitrogens with two attached hydrogens (primary N) is 1. The van der Waals surface area contributed by atoms with E-state index in [2.05, 4.69) is 10.3 Å². The van der Waals surface area contributed by atoms with Gasteiger partial charge in [-0.1, -0.05) is 0 Å². The van der Waals surface area contributed by atoms with E-state index in [4.69, 9.17) is 5.73 Å². The Morgan fingerprint density at radius 2 is 2.58 bits per heavy atom. The highest BCUT2D eigenvalue weighted by Gasteiger charge is 2.12. The highest BCUT2D eigenvalue weighted by Crippen LogP contribution is 2.36. The number of carbonyl (C=O) groups excluding carboxylic acids is 1. The first-order valence-electron chi connectivity index (χ1n) is 3.47. The Hall–Kier alpha value is -1.36. The Labute approximate surface area is 73.1 Å². The average Bonchev–Trinajstić information content (AvgIpc) is 2.46. The van der Waals surface area contributed by atoms with Crippen LogP contribution in [0, 0.1) is 0 Å². The van der Waals surface area contributed by atoms with E-state index in [1.165, 1.54) is 11.3 Å².